The molecule has 0 aliphatic carbocycles. The van der Waals surface area contributed by atoms with Crippen molar-refractivity contribution in [2.45, 2.75) is 26.2 Å². The molecule has 0 saturated carbocycles. The molecule has 0 bridgehead atoms. The lowest BCUT2D eigenvalue weighted by atomic mass is 10.1. The van der Waals surface area contributed by atoms with E-state index in [1.54, 1.807) is 48.5 Å². The van der Waals surface area contributed by atoms with Gasteiger partial charge in [-0.05, 0) is 66.9 Å². The predicted octanol–water partition coefficient (Wildman–Crippen LogP) is 5.95. The monoisotopic (exact) mass is 436 g/mol. The smallest absolute Gasteiger partial charge is 0.262 e. The first kappa shape index (κ1) is 22.4. The molecule has 0 atom stereocenters. The van der Waals surface area contributed by atoms with Crippen molar-refractivity contribution in [3.63, 3.8) is 0 Å². The number of amides is 2. The van der Waals surface area contributed by atoms with Crippen LogP contribution < -0.4 is 15.4 Å². The lowest BCUT2D eigenvalue weighted by Crippen LogP contribution is -2.20. The summed E-state index contributed by atoms with van der Waals surface area (Å²) in [6.07, 6.45) is 3.35. The first-order valence-electron chi connectivity index (χ1n) is 10.2. The highest BCUT2D eigenvalue weighted by Gasteiger charge is 2.09. The summed E-state index contributed by atoms with van der Waals surface area (Å²) in [4.78, 5) is 24.5. The van der Waals surface area contributed by atoms with E-state index in [0.29, 0.717) is 22.0 Å². The Labute approximate surface area is 187 Å². The second-order valence-corrected chi connectivity index (χ2v) is 7.50. The molecular formula is C25H25ClN2O3. The number of carbonyl (C=O) groups excluding carboxylic acids is 2. The molecule has 0 aromatic heterocycles. The number of ether oxygens (including phenoxy) is 1. The SMILES string of the molecule is CCCCc1ccc(NC(=O)COc2ccc(C(=O)Nc3ccccc3Cl)cc2)cc1. The number of benzene rings is 3. The van der Waals surface area contributed by atoms with Crippen molar-refractivity contribution in [1.82, 2.24) is 0 Å². The first-order valence-corrected chi connectivity index (χ1v) is 10.6. The number of nitrogens with one attached hydrogen (secondary N) is 2. The topological polar surface area (TPSA) is 67.4 Å². The maximum atomic E-state index is 12.4. The Hall–Kier alpha value is -3.31. The van der Waals surface area contributed by atoms with E-state index in [9.17, 15) is 9.59 Å². The second kappa shape index (κ2) is 11.2. The van der Waals surface area contributed by atoms with Gasteiger partial charge in [0, 0.05) is 11.3 Å². The first-order chi connectivity index (χ1) is 15.0. The highest BCUT2D eigenvalue weighted by atomic mass is 35.5. The van der Waals surface area contributed by atoms with Gasteiger partial charge < -0.3 is 15.4 Å². The van der Waals surface area contributed by atoms with Crippen LogP contribution in [0.1, 0.15) is 35.7 Å². The van der Waals surface area contributed by atoms with Gasteiger partial charge in [0.25, 0.3) is 11.8 Å². The van der Waals surface area contributed by atoms with Crippen LogP contribution >= 0.6 is 11.6 Å². The van der Waals surface area contributed by atoms with Gasteiger partial charge in [0.2, 0.25) is 0 Å². The summed E-state index contributed by atoms with van der Waals surface area (Å²) >= 11 is 6.07. The van der Waals surface area contributed by atoms with Crippen LogP contribution in [0.5, 0.6) is 5.75 Å². The number of aryl methyl sites for hydroxylation is 1. The largest absolute Gasteiger partial charge is 0.484 e. The zero-order chi connectivity index (χ0) is 22.1. The average Bonchev–Trinajstić information content (AvgIpc) is 2.79. The molecule has 0 aliphatic heterocycles. The summed E-state index contributed by atoms with van der Waals surface area (Å²) in [5.41, 5.74) is 3.00. The Bertz CT molecular complexity index is 1020. The lowest BCUT2D eigenvalue weighted by molar-refractivity contribution is -0.118. The zero-order valence-corrected chi connectivity index (χ0v) is 18.1. The van der Waals surface area contributed by atoms with E-state index in [1.807, 2.05) is 24.3 Å². The summed E-state index contributed by atoms with van der Waals surface area (Å²) in [6, 6.07) is 21.4. The van der Waals surface area contributed by atoms with Crippen molar-refractivity contribution in [1.29, 1.82) is 0 Å². The van der Waals surface area contributed by atoms with Gasteiger partial charge in [-0.1, -0.05) is 49.2 Å². The van der Waals surface area contributed by atoms with Gasteiger partial charge in [0.1, 0.15) is 5.75 Å². The van der Waals surface area contributed by atoms with Crippen LogP contribution in [0.4, 0.5) is 11.4 Å². The molecule has 5 nitrogen and oxygen atoms in total. The molecule has 0 fully saturated rings. The van der Waals surface area contributed by atoms with Crippen LogP contribution in [0, 0.1) is 0 Å². The Balaban J connectivity index is 1.48. The third-order valence-corrected chi connectivity index (χ3v) is 4.99. The average molecular weight is 437 g/mol. The molecule has 2 N–H and O–H groups in total. The van der Waals surface area contributed by atoms with Gasteiger partial charge in [0.05, 0.1) is 10.7 Å². The number of anilines is 2. The van der Waals surface area contributed by atoms with Crippen molar-refractivity contribution >= 4 is 34.8 Å². The molecule has 0 unspecified atom stereocenters. The number of rotatable bonds is 9. The highest BCUT2D eigenvalue weighted by molar-refractivity contribution is 6.33. The molecule has 0 saturated heterocycles. The summed E-state index contributed by atoms with van der Waals surface area (Å²) in [6.45, 7) is 2.04. The van der Waals surface area contributed by atoms with Gasteiger partial charge in [-0.2, -0.15) is 0 Å². The van der Waals surface area contributed by atoms with Crippen molar-refractivity contribution < 1.29 is 14.3 Å². The molecule has 0 aliphatic rings. The van der Waals surface area contributed by atoms with Crippen LogP contribution in [0.15, 0.2) is 72.8 Å². The maximum absolute atomic E-state index is 12.4. The molecule has 0 radical (unpaired) electrons. The van der Waals surface area contributed by atoms with Gasteiger partial charge in [-0.15, -0.1) is 0 Å². The molecule has 160 valence electrons. The fourth-order valence-corrected chi connectivity index (χ4v) is 3.12. The van der Waals surface area contributed by atoms with E-state index >= 15 is 0 Å². The van der Waals surface area contributed by atoms with E-state index in [4.69, 9.17) is 16.3 Å². The van der Waals surface area contributed by atoms with Crippen LogP contribution in [0.25, 0.3) is 0 Å². The van der Waals surface area contributed by atoms with Gasteiger partial charge in [-0.25, -0.2) is 0 Å². The third-order valence-electron chi connectivity index (χ3n) is 4.67. The summed E-state index contributed by atoms with van der Waals surface area (Å²) < 4.78 is 5.52. The van der Waals surface area contributed by atoms with Gasteiger partial charge >= 0.3 is 0 Å². The molecule has 6 heteroatoms. The molecule has 0 spiro atoms. The minimum absolute atomic E-state index is 0.122. The highest BCUT2D eigenvalue weighted by Crippen LogP contribution is 2.21. The minimum Gasteiger partial charge on any atom is -0.484 e. The summed E-state index contributed by atoms with van der Waals surface area (Å²) in [7, 11) is 0. The molecule has 31 heavy (non-hydrogen) atoms. The van der Waals surface area contributed by atoms with Crippen molar-refractivity contribution in [2.75, 3.05) is 17.2 Å². The molecule has 3 aromatic carbocycles. The summed E-state index contributed by atoms with van der Waals surface area (Å²) in [5, 5.41) is 6.05. The third kappa shape index (κ3) is 6.86. The molecule has 2 amide bonds. The van der Waals surface area contributed by atoms with Crippen molar-refractivity contribution in [3.8, 4) is 5.75 Å². The normalized spacial score (nSPS) is 10.4. The number of hydrogen-bond acceptors (Lipinski definition) is 3. The number of carbonyl (C=O) groups is 2. The van der Waals surface area contributed by atoms with Crippen molar-refractivity contribution in [2.24, 2.45) is 0 Å². The molecule has 3 aromatic rings. The van der Waals surface area contributed by atoms with E-state index in [1.165, 1.54) is 5.56 Å². The number of halogens is 1. The number of para-hydroxylation sites is 1. The predicted molar refractivity (Wildman–Crippen MR) is 125 cm³/mol. The van der Waals surface area contributed by atoms with E-state index in [0.717, 1.165) is 24.9 Å². The van der Waals surface area contributed by atoms with Gasteiger partial charge in [-0.3, -0.25) is 9.59 Å². The van der Waals surface area contributed by atoms with Crippen molar-refractivity contribution in [3.05, 3.63) is 88.9 Å². The second-order valence-electron chi connectivity index (χ2n) is 7.10. The minimum atomic E-state index is -0.278. The Kier molecular flexibility index (Phi) is 8.07. The summed E-state index contributed by atoms with van der Waals surface area (Å²) in [5.74, 6) is -0.0269. The molecule has 3 rings (SSSR count). The Morgan fingerprint density at radius 3 is 2.29 bits per heavy atom. The fourth-order valence-electron chi connectivity index (χ4n) is 2.94. The maximum Gasteiger partial charge on any atom is 0.262 e. The number of hydrogen-bond donors (Lipinski definition) is 2. The molecule has 0 heterocycles. The Morgan fingerprint density at radius 2 is 1.61 bits per heavy atom. The van der Waals surface area contributed by atoms with Crippen LogP contribution in [0.2, 0.25) is 5.02 Å². The van der Waals surface area contributed by atoms with E-state index in [2.05, 4.69) is 17.6 Å². The number of unbranched alkanes of at least 4 members (excludes halogenated alkanes) is 1. The standard InChI is InChI=1S/C25H25ClN2O3/c1-2-3-6-18-9-13-20(14-10-18)27-24(29)17-31-21-15-11-19(12-16-21)25(30)28-23-8-5-4-7-22(23)26/h4-5,7-16H,2-3,6,17H2,1H3,(H,27,29)(H,28,30). The van der Waals surface area contributed by atoms with E-state index in [-0.39, 0.29) is 18.4 Å². The van der Waals surface area contributed by atoms with Crippen LogP contribution in [0.3, 0.4) is 0 Å². The lowest BCUT2D eigenvalue weighted by Gasteiger charge is -2.10. The van der Waals surface area contributed by atoms with E-state index < -0.39 is 0 Å². The Morgan fingerprint density at radius 1 is 0.903 bits per heavy atom. The van der Waals surface area contributed by atoms with Gasteiger partial charge in [0.15, 0.2) is 6.61 Å². The quantitative estimate of drug-likeness (QED) is 0.435. The fraction of sp³-hybridized carbons (Fsp3) is 0.200. The van der Waals surface area contributed by atoms with Crippen LogP contribution in [-0.4, -0.2) is 18.4 Å². The zero-order valence-electron chi connectivity index (χ0n) is 17.4. The molecular weight excluding hydrogens is 412 g/mol. The van der Waals surface area contributed by atoms with Crippen LogP contribution in [-0.2, 0) is 11.2 Å².